The second kappa shape index (κ2) is 6.24. The summed E-state index contributed by atoms with van der Waals surface area (Å²) in [6, 6.07) is 4.51. The van der Waals surface area contributed by atoms with Crippen LogP contribution in [0.1, 0.15) is 12.5 Å². The fraction of sp³-hybridized carbons (Fsp3) is 0.364. The Balaban J connectivity index is 2.98. The summed E-state index contributed by atoms with van der Waals surface area (Å²) in [6.07, 6.45) is 0.0683. The lowest BCUT2D eigenvalue weighted by molar-refractivity contribution is -0.385. The molecule has 0 saturated carbocycles. The SMILES string of the molecule is CCSC(=O)Cc1ccc(OC)cc1[N+](=O)[O-]. The van der Waals surface area contributed by atoms with Crippen LogP contribution in [0.25, 0.3) is 0 Å². The van der Waals surface area contributed by atoms with Crippen LogP contribution in [-0.4, -0.2) is 22.9 Å². The van der Waals surface area contributed by atoms with E-state index < -0.39 is 4.92 Å². The molecule has 0 aliphatic rings. The van der Waals surface area contributed by atoms with Gasteiger partial charge in [-0.2, -0.15) is 0 Å². The quantitative estimate of drug-likeness (QED) is 0.597. The summed E-state index contributed by atoms with van der Waals surface area (Å²) in [5, 5.41) is 10.8. The molecule has 92 valence electrons. The summed E-state index contributed by atoms with van der Waals surface area (Å²) >= 11 is 1.16. The van der Waals surface area contributed by atoms with Crippen molar-refractivity contribution >= 4 is 22.6 Å². The lowest BCUT2D eigenvalue weighted by atomic mass is 10.1. The average molecular weight is 255 g/mol. The van der Waals surface area contributed by atoms with Crippen molar-refractivity contribution in [2.75, 3.05) is 12.9 Å². The van der Waals surface area contributed by atoms with E-state index in [1.807, 2.05) is 6.92 Å². The molecule has 1 rings (SSSR count). The van der Waals surface area contributed by atoms with Crippen LogP contribution in [0.2, 0.25) is 0 Å². The number of hydrogen-bond acceptors (Lipinski definition) is 5. The predicted octanol–water partition coefficient (Wildman–Crippen LogP) is 2.43. The van der Waals surface area contributed by atoms with E-state index >= 15 is 0 Å². The first-order valence-corrected chi connectivity index (χ1v) is 6.04. The van der Waals surface area contributed by atoms with Crippen molar-refractivity contribution in [2.45, 2.75) is 13.3 Å². The van der Waals surface area contributed by atoms with E-state index in [4.69, 9.17) is 4.74 Å². The van der Waals surface area contributed by atoms with Gasteiger partial charge in [0.1, 0.15) is 5.75 Å². The predicted molar refractivity (Wildman–Crippen MR) is 66.5 cm³/mol. The Morgan fingerprint density at radius 1 is 1.53 bits per heavy atom. The zero-order valence-corrected chi connectivity index (χ0v) is 10.5. The van der Waals surface area contributed by atoms with Crippen LogP contribution in [0.5, 0.6) is 5.75 Å². The Bertz CT molecular complexity index is 433. The van der Waals surface area contributed by atoms with Gasteiger partial charge in [-0.05, 0) is 17.9 Å². The number of benzene rings is 1. The molecule has 0 saturated heterocycles. The van der Waals surface area contributed by atoms with E-state index in [0.717, 1.165) is 11.8 Å². The number of nitrogens with zero attached hydrogens (tertiary/aromatic N) is 1. The first kappa shape index (κ1) is 13.5. The summed E-state index contributed by atoms with van der Waals surface area (Å²) in [7, 11) is 1.44. The maximum atomic E-state index is 11.5. The van der Waals surface area contributed by atoms with Gasteiger partial charge in [0.25, 0.3) is 5.69 Å². The van der Waals surface area contributed by atoms with Crippen molar-refractivity contribution in [3.8, 4) is 5.75 Å². The van der Waals surface area contributed by atoms with Crippen LogP contribution in [-0.2, 0) is 11.2 Å². The number of thioether (sulfide) groups is 1. The van der Waals surface area contributed by atoms with E-state index in [1.165, 1.54) is 13.2 Å². The lowest BCUT2D eigenvalue weighted by Gasteiger charge is -2.04. The molecule has 1 aromatic carbocycles. The molecule has 0 amide bonds. The number of nitro groups is 1. The molecule has 17 heavy (non-hydrogen) atoms. The Kier molecular flexibility index (Phi) is 4.96. The number of carbonyl (C=O) groups is 1. The van der Waals surface area contributed by atoms with Crippen LogP contribution < -0.4 is 4.74 Å². The van der Waals surface area contributed by atoms with Crippen LogP contribution in [0.3, 0.4) is 0 Å². The molecule has 0 aromatic heterocycles. The molecule has 1 aromatic rings. The maximum Gasteiger partial charge on any atom is 0.276 e. The highest BCUT2D eigenvalue weighted by atomic mass is 32.2. The van der Waals surface area contributed by atoms with Gasteiger partial charge in [0.05, 0.1) is 18.1 Å². The first-order chi connectivity index (χ1) is 8.08. The number of ether oxygens (including phenoxy) is 1. The van der Waals surface area contributed by atoms with Gasteiger partial charge in [-0.25, -0.2) is 0 Å². The molecular formula is C11H13NO4S. The molecule has 0 radical (unpaired) electrons. The Labute approximate surface area is 103 Å². The van der Waals surface area contributed by atoms with E-state index in [-0.39, 0.29) is 17.2 Å². The molecular weight excluding hydrogens is 242 g/mol. The Morgan fingerprint density at radius 3 is 2.76 bits per heavy atom. The normalized spacial score (nSPS) is 10.0. The monoisotopic (exact) mass is 255 g/mol. The van der Waals surface area contributed by atoms with E-state index in [9.17, 15) is 14.9 Å². The summed E-state index contributed by atoms with van der Waals surface area (Å²) in [4.78, 5) is 21.8. The standard InChI is InChI=1S/C11H13NO4S/c1-3-17-11(13)6-8-4-5-9(16-2)7-10(8)12(14)15/h4-5,7H,3,6H2,1-2H3. The topological polar surface area (TPSA) is 69.4 Å². The Morgan fingerprint density at radius 2 is 2.24 bits per heavy atom. The second-order valence-electron chi connectivity index (χ2n) is 3.23. The van der Waals surface area contributed by atoms with E-state index in [0.29, 0.717) is 17.1 Å². The molecule has 0 aliphatic carbocycles. The number of hydrogen-bond donors (Lipinski definition) is 0. The second-order valence-corrected chi connectivity index (χ2v) is 4.55. The third kappa shape index (κ3) is 3.74. The van der Waals surface area contributed by atoms with Gasteiger partial charge in [0, 0.05) is 12.0 Å². The molecule has 0 atom stereocenters. The molecule has 0 aliphatic heterocycles. The van der Waals surface area contributed by atoms with Gasteiger partial charge in [-0.3, -0.25) is 14.9 Å². The number of methoxy groups -OCH3 is 1. The number of nitro benzene ring substituents is 1. The molecule has 0 spiro atoms. The molecule has 5 nitrogen and oxygen atoms in total. The fourth-order valence-electron chi connectivity index (χ4n) is 1.36. The lowest BCUT2D eigenvalue weighted by Crippen LogP contribution is -2.02. The Hall–Kier alpha value is -1.56. The highest BCUT2D eigenvalue weighted by Crippen LogP contribution is 2.26. The molecule has 0 bridgehead atoms. The van der Waals surface area contributed by atoms with Crippen LogP contribution in [0.4, 0.5) is 5.69 Å². The van der Waals surface area contributed by atoms with Crippen molar-refractivity contribution in [1.82, 2.24) is 0 Å². The summed E-state index contributed by atoms with van der Waals surface area (Å²) in [5.41, 5.74) is 0.344. The van der Waals surface area contributed by atoms with E-state index in [1.54, 1.807) is 12.1 Å². The molecule has 0 heterocycles. The molecule has 0 N–H and O–H groups in total. The van der Waals surface area contributed by atoms with Gasteiger partial charge in [0.15, 0.2) is 5.12 Å². The minimum absolute atomic E-state index is 0.0683. The molecule has 0 unspecified atom stereocenters. The summed E-state index contributed by atoms with van der Waals surface area (Å²) in [5.74, 6) is 1.08. The van der Waals surface area contributed by atoms with Crippen LogP contribution >= 0.6 is 11.8 Å². The minimum Gasteiger partial charge on any atom is -0.497 e. The highest BCUT2D eigenvalue weighted by Gasteiger charge is 2.17. The van der Waals surface area contributed by atoms with Crippen molar-refractivity contribution in [3.05, 3.63) is 33.9 Å². The van der Waals surface area contributed by atoms with Gasteiger partial charge < -0.3 is 4.74 Å². The maximum absolute atomic E-state index is 11.5. The smallest absolute Gasteiger partial charge is 0.276 e. The van der Waals surface area contributed by atoms with Gasteiger partial charge >= 0.3 is 0 Å². The third-order valence-corrected chi connectivity index (χ3v) is 2.88. The average Bonchev–Trinajstić information content (AvgIpc) is 2.29. The highest BCUT2D eigenvalue weighted by molar-refractivity contribution is 8.13. The zero-order chi connectivity index (χ0) is 12.8. The van der Waals surface area contributed by atoms with Gasteiger partial charge in [-0.15, -0.1) is 0 Å². The summed E-state index contributed by atoms with van der Waals surface area (Å²) < 4.78 is 4.92. The van der Waals surface area contributed by atoms with Crippen molar-refractivity contribution in [3.63, 3.8) is 0 Å². The summed E-state index contributed by atoms with van der Waals surface area (Å²) in [6.45, 7) is 1.87. The minimum atomic E-state index is -0.498. The third-order valence-electron chi connectivity index (χ3n) is 2.13. The van der Waals surface area contributed by atoms with Crippen molar-refractivity contribution < 1.29 is 14.5 Å². The number of rotatable bonds is 5. The molecule has 6 heteroatoms. The number of carbonyl (C=O) groups excluding carboxylic acids is 1. The molecule has 0 fully saturated rings. The fourth-order valence-corrected chi connectivity index (χ4v) is 1.94. The largest absolute Gasteiger partial charge is 0.497 e. The van der Waals surface area contributed by atoms with Crippen molar-refractivity contribution in [1.29, 1.82) is 0 Å². The van der Waals surface area contributed by atoms with Crippen LogP contribution in [0.15, 0.2) is 18.2 Å². The first-order valence-electron chi connectivity index (χ1n) is 5.05. The van der Waals surface area contributed by atoms with Gasteiger partial charge in [0.2, 0.25) is 0 Å². The van der Waals surface area contributed by atoms with Gasteiger partial charge in [-0.1, -0.05) is 18.7 Å². The zero-order valence-electron chi connectivity index (χ0n) is 9.63. The van der Waals surface area contributed by atoms with E-state index in [2.05, 4.69) is 0 Å². The van der Waals surface area contributed by atoms with Crippen LogP contribution in [0, 0.1) is 10.1 Å². The van der Waals surface area contributed by atoms with Crippen molar-refractivity contribution in [2.24, 2.45) is 0 Å².